The molecule has 0 saturated carbocycles. The molecule has 2 aromatic rings. The average molecular weight is 391 g/mol. The van der Waals surface area contributed by atoms with Crippen LogP contribution >= 0.6 is 27.5 Å². The zero-order valence-corrected chi connectivity index (χ0v) is 14.9. The van der Waals surface area contributed by atoms with Crippen LogP contribution in [-0.4, -0.2) is 19.1 Å². The molecule has 5 heteroatoms. The molecule has 0 bridgehead atoms. The van der Waals surface area contributed by atoms with E-state index in [1.54, 1.807) is 6.07 Å². The van der Waals surface area contributed by atoms with E-state index in [1.807, 2.05) is 18.2 Å². The third-order valence-electron chi connectivity index (χ3n) is 4.18. The van der Waals surface area contributed by atoms with Gasteiger partial charge in [0.05, 0.1) is 10.6 Å². The Hall–Kier alpha value is -1.54. The van der Waals surface area contributed by atoms with Crippen LogP contribution in [0.15, 0.2) is 46.9 Å². The highest BCUT2D eigenvalue weighted by molar-refractivity contribution is 9.10. The van der Waals surface area contributed by atoms with Gasteiger partial charge in [-0.15, -0.1) is 0 Å². The molecule has 0 unspecified atom stereocenters. The van der Waals surface area contributed by atoms with E-state index >= 15 is 0 Å². The molecule has 118 valence electrons. The number of nitrogens with zero attached hydrogens (tertiary/aromatic N) is 2. The van der Waals surface area contributed by atoms with Crippen molar-refractivity contribution < 1.29 is 0 Å². The molecule has 0 spiro atoms. The van der Waals surface area contributed by atoms with Gasteiger partial charge in [0.15, 0.2) is 0 Å². The van der Waals surface area contributed by atoms with Crippen LogP contribution in [0.25, 0.3) is 0 Å². The summed E-state index contributed by atoms with van der Waals surface area (Å²) in [5.74, 6) is 0. The lowest BCUT2D eigenvalue weighted by Gasteiger charge is -2.31. The van der Waals surface area contributed by atoms with Crippen molar-refractivity contribution in [3.05, 3.63) is 63.1 Å². The van der Waals surface area contributed by atoms with Crippen molar-refractivity contribution in [2.24, 2.45) is 0 Å². The first-order valence-corrected chi connectivity index (χ1v) is 8.76. The summed E-state index contributed by atoms with van der Waals surface area (Å²) in [4.78, 5) is 2.37. The van der Waals surface area contributed by atoms with Gasteiger partial charge in [-0.2, -0.15) is 5.26 Å². The van der Waals surface area contributed by atoms with E-state index in [0.717, 1.165) is 36.2 Å². The molecule has 1 aliphatic rings. The van der Waals surface area contributed by atoms with Crippen molar-refractivity contribution in [3.63, 3.8) is 0 Å². The fourth-order valence-electron chi connectivity index (χ4n) is 2.92. The second kappa shape index (κ2) is 7.35. The van der Waals surface area contributed by atoms with Crippen LogP contribution in [0.3, 0.4) is 0 Å². The van der Waals surface area contributed by atoms with Gasteiger partial charge in [-0.25, -0.2) is 0 Å². The van der Waals surface area contributed by atoms with Crippen molar-refractivity contribution in [2.75, 3.05) is 18.0 Å². The summed E-state index contributed by atoms with van der Waals surface area (Å²) in [7, 11) is 0. The third kappa shape index (κ3) is 3.69. The summed E-state index contributed by atoms with van der Waals surface area (Å²) in [6.07, 6.45) is 1.10. The molecular weight excluding hydrogens is 374 g/mol. The van der Waals surface area contributed by atoms with Crippen LogP contribution in [0.5, 0.6) is 0 Å². The van der Waals surface area contributed by atoms with Gasteiger partial charge in [0, 0.05) is 29.3 Å². The van der Waals surface area contributed by atoms with Crippen LogP contribution in [0, 0.1) is 11.3 Å². The quantitative estimate of drug-likeness (QED) is 0.844. The molecule has 0 aromatic heterocycles. The van der Waals surface area contributed by atoms with Crippen LogP contribution in [0.2, 0.25) is 5.02 Å². The second-order valence-corrected chi connectivity index (χ2v) is 6.90. The number of rotatable bonds is 4. The number of hydrogen-bond donors (Lipinski definition) is 1. The minimum Gasteiger partial charge on any atom is -0.363 e. The van der Waals surface area contributed by atoms with Crippen molar-refractivity contribution in [3.8, 4) is 6.07 Å². The minimum atomic E-state index is 0.422. The van der Waals surface area contributed by atoms with Gasteiger partial charge in [0.1, 0.15) is 6.07 Å². The van der Waals surface area contributed by atoms with Crippen LogP contribution < -0.4 is 10.2 Å². The number of nitrogens with one attached hydrogen (secondary N) is 1. The second-order valence-electron chi connectivity index (χ2n) is 5.64. The Bertz CT molecular complexity index is 735. The monoisotopic (exact) mass is 389 g/mol. The van der Waals surface area contributed by atoms with Gasteiger partial charge < -0.3 is 10.2 Å². The molecule has 0 amide bonds. The summed E-state index contributed by atoms with van der Waals surface area (Å²) in [5.41, 5.74) is 2.80. The minimum absolute atomic E-state index is 0.422. The van der Waals surface area contributed by atoms with Crippen molar-refractivity contribution in [1.29, 1.82) is 5.26 Å². The fourth-order valence-corrected chi connectivity index (χ4v) is 3.55. The Morgan fingerprint density at radius 3 is 2.78 bits per heavy atom. The van der Waals surface area contributed by atoms with Crippen LogP contribution in [0.4, 0.5) is 5.69 Å². The zero-order valence-electron chi connectivity index (χ0n) is 12.6. The predicted molar refractivity (Wildman–Crippen MR) is 97.8 cm³/mol. The largest absolute Gasteiger partial charge is 0.363 e. The van der Waals surface area contributed by atoms with E-state index in [1.165, 1.54) is 5.56 Å². The summed E-state index contributed by atoms with van der Waals surface area (Å²) in [6, 6.07) is 16.5. The first-order valence-electron chi connectivity index (χ1n) is 7.59. The third-order valence-corrected chi connectivity index (χ3v) is 5.26. The van der Waals surface area contributed by atoms with E-state index in [9.17, 15) is 0 Å². The average Bonchev–Trinajstić information content (AvgIpc) is 3.08. The van der Waals surface area contributed by atoms with Crippen molar-refractivity contribution in [1.82, 2.24) is 5.32 Å². The summed E-state index contributed by atoms with van der Waals surface area (Å²) >= 11 is 9.87. The lowest BCUT2D eigenvalue weighted by molar-refractivity contribution is 0.630. The smallest absolute Gasteiger partial charge is 0.101 e. The molecule has 1 saturated heterocycles. The van der Waals surface area contributed by atoms with E-state index < -0.39 is 0 Å². The lowest BCUT2D eigenvalue weighted by Crippen LogP contribution is -2.36. The lowest BCUT2D eigenvalue weighted by atomic mass is 10.1. The standard InChI is InChI=1S/C18H17BrClN3/c19-17-4-2-1-3-14(17)12-23(16-7-8-22-11-16)15-6-5-13(10-21)18(20)9-15/h1-6,9,16,22H,7-8,11-12H2/t16-/m0/s1. The maximum absolute atomic E-state index is 9.07. The molecule has 0 radical (unpaired) electrons. The Balaban J connectivity index is 1.94. The molecule has 23 heavy (non-hydrogen) atoms. The molecule has 1 aliphatic heterocycles. The topological polar surface area (TPSA) is 39.1 Å². The summed E-state index contributed by atoms with van der Waals surface area (Å²) in [5, 5.41) is 13.0. The number of halogens is 2. The van der Waals surface area contributed by atoms with Crippen LogP contribution in [-0.2, 0) is 6.54 Å². The van der Waals surface area contributed by atoms with Gasteiger partial charge in [-0.1, -0.05) is 45.7 Å². The molecule has 2 aromatic carbocycles. The highest BCUT2D eigenvalue weighted by atomic mass is 79.9. The van der Waals surface area contributed by atoms with E-state index in [2.05, 4.69) is 50.4 Å². The number of anilines is 1. The maximum Gasteiger partial charge on any atom is 0.101 e. The highest BCUT2D eigenvalue weighted by Crippen LogP contribution is 2.29. The highest BCUT2D eigenvalue weighted by Gasteiger charge is 2.24. The molecule has 3 nitrogen and oxygen atoms in total. The molecule has 3 rings (SSSR count). The van der Waals surface area contributed by atoms with E-state index in [0.29, 0.717) is 16.6 Å². The van der Waals surface area contributed by atoms with Crippen LogP contribution in [0.1, 0.15) is 17.5 Å². The molecule has 0 aliphatic carbocycles. The van der Waals surface area contributed by atoms with Gasteiger partial charge in [-0.05, 0) is 42.8 Å². The Labute approximate surface area is 150 Å². The molecule has 1 N–H and O–H groups in total. The van der Waals surface area contributed by atoms with Gasteiger partial charge >= 0.3 is 0 Å². The molecule has 1 atom stereocenters. The molecule has 1 heterocycles. The van der Waals surface area contributed by atoms with E-state index in [4.69, 9.17) is 16.9 Å². The number of benzene rings is 2. The Morgan fingerprint density at radius 2 is 2.13 bits per heavy atom. The summed E-state index contributed by atoms with van der Waals surface area (Å²) in [6.45, 7) is 2.79. The number of hydrogen-bond acceptors (Lipinski definition) is 3. The number of nitriles is 1. The molecular formula is C18H17BrClN3. The Morgan fingerprint density at radius 1 is 1.30 bits per heavy atom. The van der Waals surface area contributed by atoms with Gasteiger partial charge in [-0.3, -0.25) is 0 Å². The maximum atomic E-state index is 9.07. The molecule has 1 fully saturated rings. The van der Waals surface area contributed by atoms with Crippen molar-refractivity contribution >= 4 is 33.2 Å². The SMILES string of the molecule is N#Cc1ccc(N(Cc2ccccc2Br)[C@H]2CCNC2)cc1Cl. The Kier molecular flexibility index (Phi) is 5.22. The van der Waals surface area contributed by atoms with Gasteiger partial charge in [0.25, 0.3) is 0 Å². The van der Waals surface area contributed by atoms with Crippen molar-refractivity contribution in [2.45, 2.75) is 19.0 Å². The first-order chi connectivity index (χ1) is 11.2. The predicted octanol–water partition coefficient (Wildman–Crippen LogP) is 4.34. The summed E-state index contributed by atoms with van der Waals surface area (Å²) < 4.78 is 1.11. The zero-order chi connectivity index (χ0) is 16.2. The fraction of sp³-hybridized carbons (Fsp3) is 0.278. The first kappa shape index (κ1) is 16.3. The normalized spacial score (nSPS) is 17.0. The van der Waals surface area contributed by atoms with E-state index in [-0.39, 0.29) is 0 Å². The van der Waals surface area contributed by atoms with Gasteiger partial charge in [0.2, 0.25) is 0 Å².